The van der Waals surface area contributed by atoms with Gasteiger partial charge >= 0.3 is 5.97 Å². The Kier molecular flexibility index (Phi) is 7.11. The number of allylic oxidation sites excluding steroid dienone is 7. The molecule has 0 spiro atoms. The van der Waals surface area contributed by atoms with Gasteiger partial charge in [0.15, 0.2) is 0 Å². The van der Waals surface area contributed by atoms with E-state index in [0.29, 0.717) is 6.61 Å². The van der Waals surface area contributed by atoms with Gasteiger partial charge in [-0.15, -0.1) is 0 Å². The highest BCUT2D eigenvalue weighted by Gasteiger charge is 2.32. The van der Waals surface area contributed by atoms with E-state index in [9.17, 15) is 4.79 Å². The summed E-state index contributed by atoms with van der Waals surface area (Å²) in [6.07, 6.45) is 11.0. The van der Waals surface area contributed by atoms with Crippen molar-refractivity contribution in [1.29, 1.82) is 0 Å². The summed E-state index contributed by atoms with van der Waals surface area (Å²) in [5.74, 6) is -0.297. The van der Waals surface area contributed by atoms with Crippen LogP contribution in [0.15, 0.2) is 54.2 Å². The zero-order chi connectivity index (χ0) is 21.8. The quantitative estimate of drug-likeness (QED) is 0.299. The molecule has 0 aliphatic heterocycles. The normalized spacial score (nSPS) is 17.2. The predicted octanol–water partition coefficient (Wildman–Crippen LogP) is 7.27. The Morgan fingerprint density at radius 2 is 1.90 bits per heavy atom. The average molecular weight is 393 g/mol. The fraction of sp³-hybridized carbons (Fsp3) is 0.444. The second-order valence-corrected chi connectivity index (χ2v) is 9.57. The molecule has 0 atom stereocenters. The van der Waals surface area contributed by atoms with Gasteiger partial charge in [0.2, 0.25) is 0 Å². The fourth-order valence-electron chi connectivity index (χ4n) is 3.75. The van der Waals surface area contributed by atoms with Crippen molar-refractivity contribution in [3.05, 3.63) is 70.8 Å². The highest BCUT2D eigenvalue weighted by molar-refractivity contribution is 5.83. The van der Waals surface area contributed by atoms with Crippen LogP contribution in [0, 0.1) is 5.41 Å². The van der Waals surface area contributed by atoms with Crippen molar-refractivity contribution in [2.24, 2.45) is 5.41 Å². The van der Waals surface area contributed by atoms with Crippen LogP contribution >= 0.6 is 0 Å². The number of benzene rings is 1. The minimum Gasteiger partial charge on any atom is -0.463 e. The predicted molar refractivity (Wildman–Crippen MR) is 125 cm³/mol. The van der Waals surface area contributed by atoms with Crippen LogP contribution in [-0.4, -0.2) is 12.6 Å². The van der Waals surface area contributed by atoms with E-state index in [4.69, 9.17) is 4.74 Å². The van der Waals surface area contributed by atoms with E-state index in [1.807, 2.05) is 26.0 Å². The molecule has 2 rings (SSSR count). The molecule has 0 N–H and O–H groups in total. The molecule has 0 radical (unpaired) electrons. The monoisotopic (exact) mass is 392 g/mol. The zero-order valence-electron chi connectivity index (χ0n) is 19.3. The Morgan fingerprint density at radius 1 is 1.21 bits per heavy atom. The summed E-state index contributed by atoms with van der Waals surface area (Å²) in [4.78, 5) is 11.5. The summed E-state index contributed by atoms with van der Waals surface area (Å²) in [7, 11) is 0. The molecule has 1 aromatic rings. The number of carbonyl (C=O) groups is 1. The fourth-order valence-corrected chi connectivity index (χ4v) is 3.75. The lowest BCUT2D eigenvalue weighted by Gasteiger charge is -2.37. The van der Waals surface area contributed by atoms with Crippen LogP contribution in [0.4, 0.5) is 0 Å². The van der Waals surface area contributed by atoms with Gasteiger partial charge in [-0.05, 0) is 77.5 Å². The number of ether oxygens (including phenoxy) is 1. The van der Waals surface area contributed by atoms with Gasteiger partial charge in [0.1, 0.15) is 0 Å². The van der Waals surface area contributed by atoms with Crippen LogP contribution in [0.1, 0.15) is 78.5 Å². The largest absolute Gasteiger partial charge is 0.463 e. The third kappa shape index (κ3) is 5.82. The molecule has 156 valence electrons. The summed E-state index contributed by atoms with van der Waals surface area (Å²) in [5, 5.41) is 0. The first kappa shape index (κ1) is 22.9. The lowest BCUT2D eigenvalue weighted by atomic mass is 9.68. The molecular formula is C27H36O2. The van der Waals surface area contributed by atoms with E-state index < -0.39 is 0 Å². The lowest BCUT2D eigenvalue weighted by Crippen LogP contribution is -2.25. The summed E-state index contributed by atoms with van der Waals surface area (Å²) in [6, 6.07) is 6.87. The van der Waals surface area contributed by atoms with E-state index in [1.54, 1.807) is 0 Å². The van der Waals surface area contributed by atoms with Crippen molar-refractivity contribution in [3.8, 4) is 0 Å². The number of fused-ring (bicyclic) bond motifs is 1. The Morgan fingerprint density at radius 3 is 2.52 bits per heavy atom. The van der Waals surface area contributed by atoms with Crippen LogP contribution in [0.25, 0.3) is 11.1 Å². The molecule has 0 amide bonds. The standard InChI is InChI=1S/C27H36O2/c1-9-29-25(28)17-19(2)11-10-12-20(3)21-13-14-24-22(18-21)23(26(4,5)6)15-16-27(24,7)8/h10-15,17-18H,9,16H2,1-8H3/b11-10+,19-17+,20-12+. The number of esters is 1. The van der Waals surface area contributed by atoms with E-state index >= 15 is 0 Å². The van der Waals surface area contributed by atoms with E-state index in [2.05, 4.69) is 71.9 Å². The molecule has 1 aromatic carbocycles. The molecule has 2 nitrogen and oxygen atoms in total. The zero-order valence-corrected chi connectivity index (χ0v) is 19.3. The number of hydrogen-bond acceptors (Lipinski definition) is 2. The van der Waals surface area contributed by atoms with Crippen molar-refractivity contribution >= 4 is 17.1 Å². The van der Waals surface area contributed by atoms with Crippen molar-refractivity contribution in [3.63, 3.8) is 0 Å². The van der Waals surface area contributed by atoms with Crippen molar-refractivity contribution in [1.82, 2.24) is 0 Å². The lowest BCUT2D eigenvalue weighted by molar-refractivity contribution is -0.137. The maximum atomic E-state index is 11.5. The first-order valence-electron chi connectivity index (χ1n) is 10.5. The SMILES string of the molecule is CCOC(=O)/C=C(C)/C=C/C=C(\C)c1ccc2c(c1)C(C(C)(C)C)=CCC2(C)C. The van der Waals surface area contributed by atoms with Crippen LogP contribution in [-0.2, 0) is 14.9 Å². The first-order chi connectivity index (χ1) is 13.5. The smallest absolute Gasteiger partial charge is 0.330 e. The van der Waals surface area contributed by atoms with Gasteiger partial charge in [-0.2, -0.15) is 0 Å². The molecule has 0 heterocycles. The van der Waals surface area contributed by atoms with E-state index in [0.717, 1.165) is 12.0 Å². The van der Waals surface area contributed by atoms with Gasteiger partial charge in [-0.1, -0.05) is 71.1 Å². The van der Waals surface area contributed by atoms with E-state index in [-0.39, 0.29) is 16.8 Å². The summed E-state index contributed by atoms with van der Waals surface area (Å²) in [6.45, 7) is 17.8. The second-order valence-electron chi connectivity index (χ2n) is 9.57. The topological polar surface area (TPSA) is 26.3 Å². The molecule has 1 aliphatic rings. The van der Waals surface area contributed by atoms with Crippen LogP contribution in [0.3, 0.4) is 0 Å². The maximum absolute atomic E-state index is 11.5. The minimum atomic E-state index is -0.297. The molecule has 1 aliphatic carbocycles. The molecule has 2 heteroatoms. The van der Waals surface area contributed by atoms with E-state index in [1.165, 1.54) is 33.9 Å². The molecule has 0 bridgehead atoms. The third-order valence-electron chi connectivity index (χ3n) is 5.46. The highest BCUT2D eigenvalue weighted by Crippen LogP contribution is 2.46. The van der Waals surface area contributed by atoms with Crippen LogP contribution in [0.2, 0.25) is 0 Å². The summed E-state index contributed by atoms with van der Waals surface area (Å²) < 4.78 is 4.95. The third-order valence-corrected chi connectivity index (χ3v) is 5.46. The average Bonchev–Trinajstić information content (AvgIpc) is 2.60. The number of carbonyl (C=O) groups excluding carboxylic acids is 1. The molecule has 0 saturated heterocycles. The van der Waals surface area contributed by atoms with Gasteiger partial charge in [-0.25, -0.2) is 4.79 Å². The molecule has 0 aromatic heterocycles. The van der Waals surface area contributed by atoms with Crippen LogP contribution in [0.5, 0.6) is 0 Å². The molecule has 0 fully saturated rings. The van der Waals surface area contributed by atoms with Gasteiger partial charge in [-0.3, -0.25) is 0 Å². The molecule has 29 heavy (non-hydrogen) atoms. The molecular weight excluding hydrogens is 356 g/mol. The maximum Gasteiger partial charge on any atom is 0.330 e. The minimum absolute atomic E-state index is 0.121. The van der Waals surface area contributed by atoms with Gasteiger partial charge in [0, 0.05) is 6.08 Å². The summed E-state index contributed by atoms with van der Waals surface area (Å²) in [5.41, 5.74) is 7.83. The number of rotatable bonds is 5. The Labute approximate surface area is 177 Å². The van der Waals surface area contributed by atoms with Crippen molar-refractivity contribution in [2.75, 3.05) is 6.61 Å². The Hall–Kier alpha value is -2.35. The summed E-state index contributed by atoms with van der Waals surface area (Å²) >= 11 is 0. The van der Waals surface area contributed by atoms with Gasteiger partial charge < -0.3 is 4.74 Å². The second kappa shape index (κ2) is 8.98. The number of hydrogen-bond donors (Lipinski definition) is 0. The van der Waals surface area contributed by atoms with Gasteiger partial charge in [0.05, 0.1) is 6.61 Å². The van der Waals surface area contributed by atoms with Crippen molar-refractivity contribution < 1.29 is 9.53 Å². The van der Waals surface area contributed by atoms with Crippen LogP contribution < -0.4 is 0 Å². The molecule has 0 saturated carbocycles. The van der Waals surface area contributed by atoms with Crippen molar-refractivity contribution in [2.45, 2.75) is 67.2 Å². The Balaban J connectivity index is 2.33. The van der Waals surface area contributed by atoms with Gasteiger partial charge in [0.25, 0.3) is 0 Å². The first-order valence-corrected chi connectivity index (χ1v) is 10.5. The highest BCUT2D eigenvalue weighted by atomic mass is 16.5. The molecule has 0 unspecified atom stereocenters. The Bertz CT molecular complexity index is 884.